The summed E-state index contributed by atoms with van der Waals surface area (Å²) in [6.07, 6.45) is 0.283. The van der Waals surface area contributed by atoms with Gasteiger partial charge in [-0.25, -0.2) is 0 Å². The Balaban J connectivity index is 0.00000256. The van der Waals surface area contributed by atoms with Crippen molar-refractivity contribution in [1.82, 2.24) is 0 Å². The van der Waals surface area contributed by atoms with Gasteiger partial charge in [-0.15, -0.1) is 0 Å². The van der Waals surface area contributed by atoms with Crippen LogP contribution in [0.15, 0.2) is 18.2 Å². The van der Waals surface area contributed by atoms with E-state index in [1.807, 2.05) is 13.8 Å². The highest BCUT2D eigenvalue weighted by atomic mass is 16.5. The van der Waals surface area contributed by atoms with Crippen LogP contribution < -0.4 is 9.47 Å². The molecule has 1 rings (SSSR count). The molecule has 2 N–H and O–H groups in total. The van der Waals surface area contributed by atoms with Crippen molar-refractivity contribution in [3.63, 3.8) is 0 Å². The van der Waals surface area contributed by atoms with E-state index in [1.54, 1.807) is 12.1 Å². The van der Waals surface area contributed by atoms with E-state index in [9.17, 15) is 9.59 Å². The first kappa shape index (κ1) is 15.1. The minimum atomic E-state index is -0.566. The van der Waals surface area contributed by atoms with Gasteiger partial charge in [0.25, 0.3) is 0 Å². The van der Waals surface area contributed by atoms with E-state index in [4.69, 9.17) is 9.47 Å². The van der Waals surface area contributed by atoms with Crippen molar-refractivity contribution in [3.05, 3.63) is 23.8 Å². The molecule has 0 aromatic heterocycles. The molecule has 0 atom stereocenters. The van der Waals surface area contributed by atoms with Crippen molar-refractivity contribution < 1.29 is 24.5 Å². The lowest BCUT2D eigenvalue weighted by Gasteiger charge is -2.11. The van der Waals surface area contributed by atoms with Gasteiger partial charge in [0.2, 0.25) is 5.78 Å². The van der Waals surface area contributed by atoms with Gasteiger partial charge in [-0.05, 0) is 32.0 Å². The second-order valence-corrected chi connectivity index (χ2v) is 3.01. The minimum absolute atomic E-state index is 0. The minimum Gasteiger partial charge on any atom is -0.490 e. The molecule has 1 aromatic rings. The van der Waals surface area contributed by atoms with Gasteiger partial charge in [0.15, 0.2) is 17.8 Å². The molecule has 17 heavy (non-hydrogen) atoms. The first-order valence-corrected chi connectivity index (χ1v) is 5.12. The summed E-state index contributed by atoms with van der Waals surface area (Å²) in [4.78, 5) is 21.5. The third-order valence-corrected chi connectivity index (χ3v) is 1.93. The number of hydrogen-bond donors (Lipinski definition) is 0. The van der Waals surface area contributed by atoms with Crippen LogP contribution in [0.2, 0.25) is 0 Å². The second kappa shape index (κ2) is 7.40. The molecule has 0 radical (unpaired) electrons. The zero-order chi connectivity index (χ0) is 12.0. The van der Waals surface area contributed by atoms with Gasteiger partial charge >= 0.3 is 0 Å². The predicted octanol–water partition coefficient (Wildman–Crippen LogP) is 1.04. The number of ether oxygens (including phenoxy) is 2. The van der Waals surface area contributed by atoms with E-state index >= 15 is 0 Å². The Morgan fingerprint density at radius 1 is 1.18 bits per heavy atom. The third-order valence-electron chi connectivity index (χ3n) is 1.93. The van der Waals surface area contributed by atoms with Crippen molar-refractivity contribution in [2.45, 2.75) is 13.8 Å². The van der Waals surface area contributed by atoms with Gasteiger partial charge in [-0.3, -0.25) is 9.59 Å². The molecular formula is C12H16O5. The van der Waals surface area contributed by atoms with Crippen LogP contribution in [0.25, 0.3) is 0 Å². The predicted molar refractivity (Wildman–Crippen MR) is 62.8 cm³/mol. The molecule has 5 heteroatoms. The Kier molecular flexibility index (Phi) is 6.58. The van der Waals surface area contributed by atoms with Gasteiger partial charge in [0.1, 0.15) is 0 Å². The van der Waals surface area contributed by atoms with Crippen LogP contribution in [0.5, 0.6) is 11.5 Å². The number of benzene rings is 1. The molecule has 0 amide bonds. The zero-order valence-corrected chi connectivity index (χ0v) is 9.86. The molecular weight excluding hydrogens is 224 g/mol. The number of hydrogen-bond acceptors (Lipinski definition) is 4. The molecule has 0 heterocycles. The lowest BCUT2D eigenvalue weighted by atomic mass is 10.1. The number of carbonyl (C=O) groups excluding carboxylic acids is 2. The van der Waals surface area contributed by atoms with Crippen LogP contribution >= 0.6 is 0 Å². The number of carbonyl (C=O) groups is 2. The maximum atomic E-state index is 11.2. The lowest BCUT2D eigenvalue weighted by Crippen LogP contribution is -2.03. The van der Waals surface area contributed by atoms with E-state index in [2.05, 4.69) is 0 Å². The number of aldehydes is 1. The molecule has 0 aliphatic carbocycles. The highest BCUT2D eigenvalue weighted by molar-refractivity contribution is 6.33. The summed E-state index contributed by atoms with van der Waals surface area (Å²) >= 11 is 0. The van der Waals surface area contributed by atoms with Gasteiger partial charge in [0.05, 0.1) is 13.2 Å². The number of Topliss-reactive ketones (excluding diaryl/α,β-unsaturated/α-hetero) is 1. The fraction of sp³-hybridized carbons (Fsp3) is 0.333. The molecule has 94 valence electrons. The maximum Gasteiger partial charge on any atom is 0.225 e. The Bertz CT molecular complexity index is 386. The SMILES string of the molecule is CCOc1ccc(C(=O)C=O)cc1OCC.O. The van der Waals surface area contributed by atoms with Crippen LogP contribution in [-0.2, 0) is 4.79 Å². The molecule has 1 aromatic carbocycles. The lowest BCUT2D eigenvalue weighted by molar-refractivity contribution is -0.104. The molecule has 0 aliphatic heterocycles. The monoisotopic (exact) mass is 240 g/mol. The van der Waals surface area contributed by atoms with E-state index in [0.717, 1.165) is 0 Å². The molecule has 0 aliphatic rings. The fourth-order valence-corrected chi connectivity index (χ4v) is 1.27. The Morgan fingerprint density at radius 2 is 1.76 bits per heavy atom. The molecule has 0 saturated carbocycles. The first-order valence-electron chi connectivity index (χ1n) is 5.12. The Hall–Kier alpha value is -1.88. The standard InChI is InChI=1S/C12H14O4.H2O/c1-3-15-11-6-5-9(10(14)8-13)7-12(11)16-4-2;/h5-8H,3-4H2,1-2H3;1H2. The molecule has 5 nitrogen and oxygen atoms in total. The second-order valence-electron chi connectivity index (χ2n) is 3.01. The highest BCUT2D eigenvalue weighted by Crippen LogP contribution is 2.28. The summed E-state index contributed by atoms with van der Waals surface area (Å²) in [5.41, 5.74) is 0.307. The number of rotatable bonds is 6. The average Bonchev–Trinajstić information content (AvgIpc) is 2.31. The van der Waals surface area contributed by atoms with Crippen LogP contribution in [0.4, 0.5) is 0 Å². The Morgan fingerprint density at radius 3 is 2.29 bits per heavy atom. The molecule has 0 saturated heterocycles. The van der Waals surface area contributed by atoms with Gasteiger partial charge in [-0.1, -0.05) is 0 Å². The Labute approximate surface area is 99.7 Å². The zero-order valence-electron chi connectivity index (χ0n) is 9.86. The van der Waals surface area contributed by atoms with E-state index in [-0.39, 0.29) is 11.8 Å². The molecule has 0 fully saturated rings. The molecule has 0 unspecified atom stereocenters. The summed E-state index contributed by atoms with van der Waals surface area (Å²) in [7, 11) is 0. The smallest absolute Gasteiger partial charge is 0.225 e. The summed E-state index contributed by atoms with van der Waals surface area (Å²) in [6.45, 7) is 4.68. The van der Waals surface area contributed by atoms with Crippen LogP contribution in [0.1, 0.15) is 24.2 Å². The maximum absolute atomic E-state index is 11.2. The summed E-state index contributed by atoms with van der Waals surface area (Å²) < 4.78 is 10.7. The largest absolute Gasteiger partial charge is 0.490 e. The highest BCUT2D eigenvalue weighted by Gasteiger charge is 2.10. The number of ketones is 1. The fourth-order valence-electron chi connectivity index (χ4n) is 1.27. The van der Waals surface area contributed by atoms with E-state index < -0.39 is 5.78 Å². The van der Waals surface area contributed by atoms with Crippen molar-refractivity contribution in [2.24, 2.45) is 0 Å². The van der Waals surface area contributed by atoms with Crippen LogP contribution in [0, 0.1) is 0 Å². The molecule has 0 bridgehead atoms. The van der Waals surface area contributed by atoms with Gasteiger partial charge in [0, 0.05) is 5.56 Å². The van der Waals surface area contributed by atoms with Gasteiger partial charge < -0.3 is 14.9 Å². The van der Waals surface area contributed by atoms with E-state index in [1.165, 1.54) is 6.07 Å². The quantitative estimate of drug-likeness (QED) is 0.422. The van der Waals surface area contributed by atoms with Crippen molar-refractivity contribution in [2.75, 3.05) is 13.2 Å². The first-order chi connectivity index (χ1) is 7.72. The average molecular weight is 240 g/mol. The third kappa shape index (κ3) is 3.88. The normalized spacial score (nSPS) is 9.06. The van der Waals surface area contributed by atoms with Crippen LogP contribution in [-0.4, -0.2) is 30.8 Å². The van der Waals surface area contributed by atoms with Crippen molar-refractivity contribution in [1.29, 1.82) is 0 Å². The summed E-state index contributed by atoms with van der Waals surface area (Å²) in [5, 5.41) is 0. The topological polar surface area (TPSA) is 84.1 Å². The molecule has 0 spiro atoms. The van der Waals surface area contributed by atoms with Crippen molar-refractivity contribution >= 4 is 12.1 Å². The van der Waals surface area contributed by atoms with Gasteiger partial charge in [-0.2, -0.15) is 0 Å². The van der Waals surface area contributed by atoms with Crippen LogP contribution in [0.3, 0.4) is 0 Å². The summed E-state index contributed by atoms with van der Waals surface area (Å²) in [6, 6.07) is 4.70. The van der Waals surface area contributed by atoms with E-state index in [0.29, 0.717) is 30.3 Å². The summed E-state index contributed by atoms with van der Waals surface area (Å²) in [5.74, 6) is 0.493. The van der Waals surface area contributed by atoms with Crippen molar-refractivity contribution in [3.8, 4) is 11.5 Å².